The first-order valence-electron chi connectivity index (χ1n) is 8.78. The Morgan fingerprint density at radius 3 is 2.38 bits per heavy atom. The van der Waals surface area contributed by atoms with Crippen LogP contribution in [0.3, 0.4) is 0 Å². The Labute approximate surface area is 143 Å². The van der Waals surface area contributed by atoms with Gasteiger partial charge in [-0.2, -0.15) is 0 Å². The molecule has 0 saturated heterocycles. The summed E-state index contributed by atoms with van der Waals surface area (Å²) in [6, 6.07) is 17.9. The highest BCUT2D eigenvalue weighted by Gasteiger charge is 2.31. The first kappa shape index (κ1) is 16.7. The van der Waals surface area contributed by atoms with Crippen LogP contribution in [0.4, 0.5) is 0 Å². The first-order valence-corrected chi connectivity index (χ1v) is 8.78. The number of benzene rings is 2. The lowest BCUT2D eigenvalue weighted by atomic mass is 9.77. The van der Waals surface area contributed by atoms with Crippen molar-refractivity contribution in [2.75, 3.05) is 0 Å². The smallest absolute Gasteiger partial charge is 0.335 e. The van der Waals surface area contributed by atoms with Gasteiger partial charge in [0.05, 0.1) is 5.56 Å². The average Bonchev–Trinajstić information content (AvgIpc) is 2.62. The molecule has 2 N–H and O–H groups in total. The van der Waals surface area contributed by atoms with Crippen LogP contribution in [0.5, 0.6) is 0 Å². The molecule has 0 bridgehead atoms. The molecule has 2 aromatic rings. The Kier molecular flexibility index (Phi) is 5.31. The monoisotopic (exact) mass is 323 g/mol. The Hall–Kier alpha value is -2.13. The first-order chi connectivity index (χ1) is 11.7. The molecule has 1 fully saturated rings. The minimum Gasteiger partial charge on any atom is -0.478 e. The second-order valence-electron chi connectivity index (χ2n) is 6.86. The van der Waals surface area contributed by atoms with E-state index >= 15 is 0 Å². The van der Waals surface area contributed by atoms with Crippen molar-refractivity contribution in [2.24, 2.45) is 0 Å². The number of carboxylic acids is 1. The summed E-state index contributed by atoms with van der Waals surface area (Å²) in [5, 5.41) is 12.9. The summed E-state index contributed by atoms with van der Waals surface area (Å²) in [7, 11) is 0. The van der Waals surface area contributed by atoms with Gasteiger partial charge in [-0.1, -0.05) is 61.7 Å². The van der Waals surface area contributed by atoms with Crippen molar-refractivity contribution in [2.45, 2.75) is 50.6 Å². The van der Waals surface area contributed by atoms with Crippen LogP contribution in [0.15, 0.2) is 54.6 Å². The highest BCUT2D eigenvalue weighted by Crippen LogP contribution is 2.31. The zero-order valence-electron chi connectivity index (χ0n) is 14.0. The Bertz CT molecular complexity index is 675. The van der Waals surface area contributed by atoms with Crippen molar-refractivity contribution in [3.8, 4) is 0 Å². The van der Waals surface area contributed by atoms with Gasteiger partial charge in [0.15, 0.2) is 0 Å². The molecule has 1 aliphatic carbocycles. The molecule has 0 aromatic heterocycles. The molecule has 0 amide bonds. The molecule has 3 nitrogen and oxygen atoms in total. The number of nitrogens with one attached hydrogen (secondary N) is 1. The standard InChI is InChI=1S/C21H25NO2/c23-20(24)19-11-7-10-18(14-19)16-22-21(12-5-2-6-13-21)15-17-8-3-1-4-9-17/h1,3-4,7-11,14,22H,2,5-6,12-13,15-16H2,(H,23,24). The second kappa shape index (κ2) is 7.63. The number of hydrogen-bond donors (Lipinski definition) is 2. The number of carboxylic acid groups (broad SMARTS) is 1. The normalized spacial score (nSPS) is 16.7. The number of rotatable bonds is 6. The fourth-order valence-electron chi connectivity index (χ4n) is 3.74. The van der Waals surface area contributed by atoms with E-state index in [4.69, 9.17) is 5.11 Å². The molecule has 1 aliphatic rings. The maximum absolute atomic E-state index is 11.1. The summed E-state index contributed by atoms with van der Waals surface area (Å²) in [5.74, 6) is -0.867. The van der Waals surface area contributed by atoms with Crippen molar-refractivity contribution < 1.29 is 9.90 Å². The molecule has 0 heterocycles. The van der Waals surface area contributed by atoms with E-state index in [9.17, 15) is 4.79 Å². The minimum atomic E-state index is -0.867. The minimum absolute atomic E-state index is 0.124. The lowest BCUT2D eigenvalue weighted by molar-refractivity contribution is 0.0696. The van der Waals surface area contributed by atoms with Gasteiger partial charge in [0.1, 0.15) is 0 Å². The van der Waals surface area contributed by atoms with E-state index < -0.39 is 5.97 Å². The Morgan fingerprint density at radius 2 is 1.67 bits per heavy atom. The van der Waals surface area contributed by atoms with E-state index in [0.717, 1.165) is 12.0 Å². The van der Waals surface area contributed by atoms with E-state index in [1.54, 1.807) is 12.1 Å². The molecule has 24 heavy (non-hydrogen) atoms. The molecule has 2 aromatic carbocycles. The van der Waals surface area contributed by atoms with Crippen LogP contribution in [-0.2, 0) is 13.0 Å². The van der Waals surface area contributed by atoms with E-state index in [1.807, 2.05) is 12.1 Å². The average molecular weight is 323 g/mol. The maximum Gasteiger partial charge on any atom is 0.335 e. The van der Waals surface area contributed by atoms with Crippen molar-refractivity contribution in [1.29, 1.82) is 0 Å². The Balaban J connectivity index is 1.72. The van der Waals surface area contributed by atoms with Gasteiger partial charge >= 0.3 is 5.97 Å². The van der Waals surface area contributed by atoms with Crippen molar-refractivity contribution in [3.05, 3.63) is 71.3 Å². The third-order valence-electron chi connectivity index (χ3n) is 5.04. The van der Waals surface area contributed by atoms with Crippen molar-refractivity contribution >= 4 is 5.97 Å². The molecular weight excluding hydrogens is 298 g/mol. The molecule has 0 atom stereocenters. The van der Waals surface area contributed by atoms with Crippen LogP contribution >= 0.6 is 0 Å². The molecular formula is C21H25NO2. The molecule has 0 unspecified atom stereocenters. The summed E-state index contributed by atoms with van der Waals surface area (Å²) in [6.45, 7) is 0.716. The summed E-state index contributed by atoms with van der Waals surface area (Å²) < 4.78 is 0. The quantitative estimate of drug-likeness (QED) is 0.827. The molecule has 3 rings (SSSR count). The fraction of sp³-hybridized carbons (Fsp3) is 0.381. The van der Waals surface area contributed by atoms with E-state index in [0.29, 0.717) is 12.1 Å². The predicted octanol–water partition coefficient (Wildman–Crippen LogP) is 4.42. The molecule has 0 aliphatic heterocycles. The molecule has 0 radical (unpaired) electrons. The van der Waals surface area contributed by atoms with Gasteiger partial charge in [0, 0.05) is 12.1 Å². The Morgan fingerprint density at radius 1 is 0.958 bits per heavy atom. The van der Waals surface area contributed by atoms with Gasteiger partial charge in [0.25, 0.3) is 0 Å². The third-order valence-corrected chi connectivity index (χ3v) is 5.04. The van der Waals surface area contributed by atoms with Gasteiger partial charge in [-0.3, -0.25) is 0 Å². The maximum atomic E-state index is 11.1. The van der Waals surface area contributed by atoms with Gasteiger partial charge in [-0.05, 0) is 42.5 Å². The summed E-state index contributed by atoms with van der Waals surface area (Å²) in [5.41, 5.74) is 2.88. The van der Waals surface area contributed by atoms with Gasteiger partial charge in [-0.15, -0.1) is 0 Å². The number of hydrogen-bond acceptors (Lipinski definition) is 2. The largest absolute Gasteiger partial charge is 0.478 e. The fourth-order valence-corrected chi connectivity index (χ4v) is 3.74. The van der Waals surface area contributed by atoms with E-state index in [2.05, 4.69) is 35.6 Å². The number of carbonyl (C=O) groups is 1. The van der Waals surface area contributed by atoms with Crippen molar-refractivity contribution in [1.82, 2.24) is 5.32 Å². The molecule has 126 valence electrons. The molecule has 3 heteroatoms. The van der Waals surface area contributed by atoms with E-state index in [-0.39, 0.29) is 5.54 Å². The number of aromatic carboxylic acids is 1. The predicted molar refractivity (Wildman–Crippen MR) is 96.2 cm³/mol. The lowest BCUT2D eigenvalue weighted by Gasteiger charge is -2.39. The van der Waals surface area contributed by atoms with Gasteiger partial charge in [0.2, 0.25) is 0 Å². The zero-order valence-corrected chi connectivity index (χ0v) is 14.0. The van der Waals surface area contributed by atoms with Crippen molar-refractivity contribution in [3.63, 3.8) is 0 Å². The van der Waals surface area contributed by atoms with Crippen LogP contribution in [0, 0.1) is 0 Å². The highest BCUT2D eigenvalue weighted by molar-refractivity contribution is 5.87. The van der Waals surface area contributed by atoms with Crippen LogP contribution < -0.4 is 5.32 Å². The molecule has 0 spiro atoms. The zero-order chi connectivity index (χ0) is 16.8. The van der Waals surface area contributed by atoms with Crippen LogP contribution in [0.1, 0.15) is 53.6 Å². The summed E-state index contributed by atoms with van der Waals surface area (Å²) >= 11 is 0. The SMILES string of the molecule is O=C(O)c1cccc(CNC2(Cc3ccccc3)CCCCC2)c1. The lowest BCUT2D eigenvalue weighted by Crippen LogP contribution is -2.48. The second-order valence-corrected chi connectivity index (χ2v) is 6.86. The topological polar surface area (TPSA) is 49.3 Å². The third kappa shape index (κ3) is 4.24. The molecule has 1 saturated carbocycles. The van der Waals surface area contributed by atoms with Gasteiger partial charge < -0.3 is 10.4 Å². The van der Waals surface area contributed by atoms with Gasteiger partial charge in [-0.25, -0.2) is 4.79 Å². The van der Waals surface area contributed by atoms with Crippen LogP contribution in [0.2, 0.25) is 0 Å². The summed E-state index contributed by atoms with van der Waals surface area (Å²) in [6.07, 6.45) is 7.23. The summed E-state index contributed by atoms with van der Waals surface area (Å²) in [4.78, 5) is 11.1. The van der Waals surface area contributed by atoms with Crippen LogP contribution in [-0.4, -0.2) is 16.6 Å². The van der Waals surface area contributed by atoms with Crippen LogP contribution in [0.25, 0.3) is 0 Å². The highest BCUT2D eigenvalue weighted by atomic mass is 16.4. The van der Waals surface area contributed by atoms with E-state index in [1.165, 1.54) is 37.7 Å².